The Labute approximate surface area is 151 Å². The maximum atomic E-state index is 12.2. The van der Waals surface area contributed by atoms with Crippen LogP contribution in [0.3, 0.4) is 0 Å². The standard InChI is InChI=1S/C21H20O5/c22-18(17-7-6-15-2-1-3-16(15)11-17)12-24-21(23)9-5-14-4-8-19-20(10-14)26-13-25-19/h4,6-8,10-11H,1-3,5,9,12-13H2. The van der Waals surface area contributed by atoms with Gasteiger partial charge >= 0.3 is 5.97 Å². The number of ether oxygens (including phenoxy) is 3. The van der Waals surface area contributed by atoms with Crippen LogP contribution in [0.2, 0.25) is 0 Å². The van der Waals surface area contributed by atoms with E-state index in [0.717, 1.165) is 30.6 Å². The molecule has 0 radical (unpaired) electrons. The summed E-state index contributed by atoms with van der Waals surface area (Å²) in [6.45, 7) is 0.0182. The van der Waals surface area contributed by atoms with Crippen LogP contribution in [0.5, 0.6) is 11.5 Å². The van der Waals surface area contributed by atoms with Crippen molar-refractivity contribution in [3.05, 3.63) is 58.7 Å². The Morgan fingerprint density at radius 3 is 2.73 bits per heavy atom. The van der Waals surface area contributed by atoms with E-state index in [1.165, 1.54) is 11.1 Å². The van der Waals surface area contributed by atoms with Crippen molar-refractivity contribution in [2.45, 2.75) is 32.1 Å². The van der Waals surface area contributed by atoms with Gasteiger partial charge in [0.25, 0.3) is 0 Å². The number of esters is 1. The second kappa shape index (κ2) is 7.20. The molecule has 1 heterocycles. The van der Waals surface area contributed by atoms with E-state index in [-0.39, 0.29) is 31.6 Å². The lowest BCUT2D eigenvalue weighted by Gasteiger charge is -2.07. The number of hydrogen-bond acceptors (Lipinski definition) is 5. The molecule has 5 heteroatoms. The smallest absolute Gasteiger partial charge is 0.306 e. The molecule has 1 aliphatic heterocycles. The van der Waals surface area contributed by atoms with Crippen molar-refractivity contribution in [2.75, 3.05) is 13.4 Å². The third-order valence-corrected chi connectivity index (χ3v) is 4.84. The lowest BCUT2D eigenvalue weighted by Crippen LogP contribution is -2.14. The van der Waals surface area contributed by atoms with Crippen molar-refractivity contribution in [1.82, 2.24) is 0 Å². The molecule has 2 aliphatic rings. The van der Waals surface area contributed by atoms with Crippen molar-refractivity contribution in [1.29, 1.82) is 0 Å². The maximum Gasteiger partial charge on any atom is 0.306 e. The van der Waals surface area contributed by atoms with Crippen LogP contribution in [-0.2, 0) is 28.8 Å². The fourth-order valence-corrected chi connectivity index (χ4v) is 3.39. The molecular formula is C21H20O5. The third kappa shape index (κ3) is 3.57. The molecule has 4 rings (SSSR count). The Morgan fingerprint density at radius 2 is 1.81 bits per heavy atom. The Bertz CT molecular complexity index is 855. The molecule has 0 fully saturated rings. The maximum absolute atomic E-state index is 12.2. The number of fused-ring (bicyclic) bond motifs is 2. The molecular weight excluding hydrogens is 332 g/mol. The largest absolute Gasteiger partial charge is 0.457 e. The van der Waals surface area contributed by atoms with Gasteiger partial charge in [-0.3, -0.25) is 9.59 Å². The molecule has 0 N–H and O–H groups in total. The van der Waals surface area contributed by atoms with Crippen molar-refractivity contribution >= 4 is 11.8 Å². The Kier molecular flexibility index (Phi) is 4.61. The van der Waals surface area contributed by atoms with Crippen LogP contribution in [0.25, 0.3) is 0 Å². The van der Waals surface area contributed by atoms with Crippen LogP contribution in [-0.4, -0.2) is 25.2 Å². The van der Waals surface area contributed by atoms with E-state index in [1.54, 1.807) is 0 Å². The molecule has 0 amide bonds. The highest BCUT2D eigenvalue weighted by Crippen LogP contribution is 2.32. The van der Waals surface area contributed by atoms with E-state index in [2.05, 4.69) is 0 Å². The molecule has 134 valence electrons. The SMILES string of the molecule is O=C(CCc1ccc2c(c1)OCO2)OCC(=O)c1ccc2c(c1)CCC2. The monoisotopic (exact) mass is 352 g/mol. The fraction of sp³-hybridized carbons (Fsp3) is 0.333. The topological polar surface area (TPSA) is 61.8 Å². The summed E-state index contributed by atoms with van der Waals surface area (Å²) in [7, 11) is 0. The van der Waals surface area contributed by atoms with Crippen LogP contribution in [0.4, 0.5) is 0 Å². The first kappa shape index (κ1) is 16.6. The zero-order chi connectivity index (χ0) is 17.9. The first-order valence-electron chi connectivity index (χ1n) is 8.88. The van der Waals surface area contributed by atoms with Gasteiger partial charge in [0, 0.05) is 12.0 Å². The van der Waals surface area contributed by atoms with Crippen LogP contribution < -0.4 is 9.47 Å². The number of rotatable bonds is 6. The zero-order valence-electron chi connectivity index (χ0n) is 14.5. The molecule has 0 unspecified atom stereocenters. The van der Waals surface area contributed by atoms with E-state index in [9.17, 15) is 9.59 Å². The first-order valence-corrected chi connectivity index (χ1v) is 8.88. The van der Waals surface area contributed by atoms with Crippen molar-refractivity contribution < 1.29 is 23.8 Å². The molecule has 0 atom stereocenters. The highest BCUT2D eigenvalue weighted by atomic mass is 16.7. The summed E-state index contributed by atoms with van der Waals surface area (Å²) in [5.74, 6) is 0.882. The van der Waals surface area contributed by atoms with Crippen LogP contribution >= 0.6 is 0 Å². The Balaban J connectivity index is 1.26. The van der Waals surface area contributed by atoms with Gasteiger partial charge in [0.2, 0.25) is 6.79 Å². The average Bonchev–Trinajstić information content (AvgIpc) is 3.32. The van der Waals surface area contributed by atoms with Gasteiger partial charge in [-0.05, 0) is 60.6 Å². The van der Waals surface area contributed by atoms with Gasteiger partial charge in [-0.15, -0.1) is 0 Å². The number of Topliss-reactive ketones (excluding diaryl/α,β-unsaturated/α-hetero) is 1. The molecule has 0 bridgehead atoms. The van der Waals surface area contributed by atoms with Gasteiger partial charge in [0.1, 0.15) is 0 Å². The number of hydrogen-bond donors (Lipinski definition) is 0. The average molecular weight is 352 g/mol. The molecule has 0 saturated heterocycles. The molecule has 2 aromatic rings. The number of carbonyl (C=O) groups is 2. The van der Waals surface area contributed by atoms with Gasteiger partial charge in [-0.1, -0.05) is 18.2 Å². The van der Waals surface area contributed by atoms with Crippen LogP contribution in [0, 0.1) is 0 Å². The molecule has 0 aromatic heterocycles. The van der Waals surface area contributed by atoms with Gasteiger partial charge in [-0.25, -0.2) is 0 Å². The molecule has 26 heavy (non-hydrogen) atoms. The summed E-state index contributed by atoms with van der Waals surface area (Å²) in [5, 5.41) is 0. The second-order valence-corrected chi connectivity index (χ2v) is 6.61. The predicted octanol–water partition coefficient (Wildman–Crippen LogP) is 3.26. The zero-order valence-corrected chi connectivity index (χ0v) is 14.5. The van der Waals surface area contributed by atoms with E-state index in [0.29, 0.717) is 17.7 Å². The van der Waals surface area contributed by atoms with E-state index >= 15 is 0 Å². The summed E-state index contributed by atoms with van der Waals surface area (Å²) in [6.07, 6.45) is 3.99. The summed E-state index contributed by atoms with van der Waals surface area (Å²) in [4.78, 5) is 24.2. The Morgan fingerprint density at radius 1 is 0.962 bits per heavy atom. The number of carbonyl (C=O) groups excluding carboxylic acids is 2. The normalized spacial score (nSPS) is 14.2. The lowest BCUT2D eigenvalue weighted by molar-refractivity contribution is -0.142. The van der Waals surface area contributed by atoms with E-state index in [4.69, 9.17) is 14.2 Å². The minimum atomic E-state index is -0.378. The minimum Gasteiger partial charge on any atom is -0.457 e. The highest BCUT2D eigenvalue weighted by molar-refractivity contribution is 5.98. The fourth-order valence-electron chi connectivity index (χ4n) is 3.39. The number of ketones is 1. The molecule has 0 saturated carbocycles. The van der Waals surface area contributed by atoms with Crippen molar-refractivity contribution in [2.24, 2.45) is 0 Å². The van der Waals surface area contributed by atoms with Gasteiger partial charge in [0.05, 0.1) is 0 Å². The Hall–Kier alpha value is -2.82. The van der Waals surface area contributed by atoms with Gasteiger partial charge in [-0.2, -0.15) is 0 Å². The predicted molar refractivity (Wildman–Crippen MR) is 94.6 cm³/mol. The van der Waals surface area contributed by atoms with E-state index in [1.807, 2.05) is 36.4 Å². The van der Waals surface area contributed by atoms with Gasteiger partial charge < -0.3 is 14.2 Å². The first-order chi connectivity index (χ1) is 12.7. The highest BCUT2D eigenvalue weighted by Gasteiger charge is 2.16. The minimum absolute atomic E-state index is 0.156. The third-order valence-electron chi connectivity index (χ3n) is 4.84. The summed E-state index contributed by atoms with van der Waals surface area (Å²) >= 11 is 0. The lowest BCUT2D eigenvalue weighted by atomic mass is 10.0. The molecule has 1 aliphatic carbocycles. The quantitative estimate of drug-likeness (QED) is 0.590. The molecule has 5 nitrogen and oxygen atoms in total. The summed E-state index contributed by atoms with van der Waals surface area (Å²) in [6, 6.07) is 11.4. The van der Waals surface area contributed by atoms with Crippen LogP contribution in [0.1, 0.15) is 39.9 Å². The van der Waals surface area contributed by atoms with Crippen LogP contribution in [0.15, 0.2) is 36.4 Å². The van der Waals surface area contributed by atoms with Crippen molar-refractivity contribution in [3.8, 4) is 11.5 Å². The summed E-state index contributed by atoms with van der Waals surface area (Å²) in [5.41, 5.74) is 4.15. The van der Waals surface area contributed by atoms with Gasteiger partial charge in [0.15, 0.2) is 23.9 Å². The van der Waals surface area contributed by atoms with Crippen molar-refractivity contribution in [3.63, 3.8) is 0 Å². The number of benzene rings is 2. The molecule has 2 aromatic carbocycles. The van der Waals surface area contributed by atoms with E-state index < -0.39 is 0 Å². The molecule has 0 spiro atoms. The second-order valence-electron chi connectivity index (χ2n) is 6.61. The number of aryl methyl sites for hydroxylation is 3. The summed E-state index contributed by atoms with van der Waals surface area (Å²) < 4.78 is 15.7.